The molecule has 7 nitrogen and oxygen atoms in total. The molecule has 112 valence electrons. The normalized spacial score (nSPS) is 10.3. The molecule has 0 unspecified atom stereocenters. The molecule has 0 aliphatic heterocycles. The fourth-order valence-corrected chi connectivity index (χ4v) is 1.50. The van der Waals surface area contributed by atoms with Crippen molar-refractivity contribution in [2.45, 2.75) is 26.7 Å². The summed E-state index contributed by atoms with van der Waals surface area (Å²) < 4.78 is 10.7. The molecule has 20 heavy (non-hydrogen) atoms. The number of pyridine rings is 1. The summed E-state index contributed by atoms with van der Waals surface area (Å²) in [4.78, 5) is 14.5. The number of nitrogens with zero attached hydrogens (tertiary/aromatic N) is 2. The van der Waals surface area contributed by atoms with E-state index in [1.54, 1.807) is 6.07 Å². The number of hydrogen-bond donors (Lipinski definition) is 1. The van der Waals surface area contributed by atoms with Gasteiger partial charge in [0.1, 0.15) is 12.4 Å². The summed E-state index contributed by atoms with van der Waals surface area (Å²) in [6, 6.07) is 2.95. The van der Waals surface area contributed by atoms with Gasteiger partial charge in [-0.1, -0.05) is 13.3 Å². The van der Waals surface area contributed by atoms with Crippen molar-refractivity contribution in [1.82, 2.24) is 4.98 Å². The highest BCUT2D eigenvalue weighted by atomic mass is 16.6. The van der Waals surface area contributed by atoms with Crippen LogP contribution in [0.4, 0.5) is 11.5 Å². The molecule has 0 amide bonds. The first-order valence-electron chi connectivity index (χ1n) is 6.78. The fourth-order valence-electron chi connectivity index (χ4n) is 1.50. The number of nitro groups is 1. The minimum atomic E-state index is -0.504. The summed E-state index contributed by atoms with van der Waals surface area (Å²) in [5.74, 6) is 0.576. The third-order valence-electron chi connectivity index (χ3n) is 2.50. The first kappa shape index (κ1) is 16.2. The maximum atomic E-state index is 10.9. The SMILES string of the molecule is CCCCOCCOc1nc(NCC)ccc1[N+](=O)[O-]. The minimum Gasteiger partial charge on any atom is -0.470 e. The van der Waals surface area contributed by atoms with Crippen LogP contribution in [0.15, 0.2) is 12.1 Å². The lowest BCUT2D eigenvalue weighted by atomic mass is 10.4. The molecule has 1 rings (SSSR count). The number of anilines is 1. The molecule has 0 aromatic carbocycles. The van der Waals surface area contributed by atoms with Crippen molar-refractivity contribution < 1.29 is 14.4 Å². The quantitative estimate of drug-likeness (QED) is 0.403. The van der Waals surface area contributed by atoms with Crippen LogP contribution in [0, 0.1) is 10.1 Å². The average molecular weight is 283 g/mol. The predicted molar refractivity (Wildman–Crippen MR) is 76.3 cm³/mol. The van der Waals surface area contributed by atoms with Crippen molar-refractivity contribution in [3.8, 4) is 5.88 Å². The number of aromatic nitrogens is 1. The van der Waals surface area contributed by atoms with E-state index in [0.29, 0.717) is 25.6 Å². The number of nitrogens with one attached hydrogen (secondary N) is 1. The van der Waals surface area contributed by atoms with Gasteiger partial charge in [0.2, 0.25) is 0 Å². The molecule has 1 aromatic rings. The zero-order valence-electron chi connectivity index (χ0n) is 11.9. The van der Waals surface area contributed by atoms with Gasteiger partial charge in [0.25, 0.3) is 5.88 Å². The van der Waals surface area contributed by atoms with Crippen LogP contribution in [-0.4, -0.2) is 36.3 Å². The van der Waals surface area contributed by atoms with Gasteiger partial charge in [-0.15, -0.1) is 0 Å². The van der Waals surface area contributed by atoms with Gasteiger partial charge < -0.3 is 14.8 Å². The average Bonchev–Trinajstić information content (AvgIpc) is 2.43. The van der Waals surface area contributed by atoms with Crippen LogP contribution in [-0.2, 0) is 4.74 Å². The second-order valence-corrected chi connectivity index (χ2v) is 4.12. The third-order valence-corrected chi connectivity index (χ3v) is 2.50. The highest BCUT2D eigenvalue weighted by Crippen LogP contribution is 2.26. The fraction of sp³-hybridized carbons (Fsp3) is 0.615. The van der Waals surface area contributed by atoms with E-state index in [1.807, 2.05) is 6.92 Å². The van der Waals surface area contributed by atoms with E-state index in [1.165, 1.54) is 6.07 Å². The van der Waals surface area contributed by atoms with Crippen molar-refractivity contribution >= 4 is 11.5 Å². The molecule has 0 spiro atoms. The van der Waals surface area contributed by atoms with Gasteiger partial charge in [0, 0.05) is 19.2 Å². The van der Waals surface area contributed by atoms with E-state index >= 15 is 0 Å². The first-order chi connectivity index (χ1) is 9.69. The largest absolute Gasteiger partial charge is 0.470 e. The van der Waals surface area contributed by atoms with Crippen LogP contribution in [0.25, 0.3) is 0 Å². The Hall–Kier alpha value is -1.89. The monoisotopic (exact) mass is 283 g/mol. The Labute approximate surface area is 118 Å². The molecule has 0 saturated heterocycles. The Bertz CT molecular complexity index is 426. The maximum Gasteiger partial charge on any atom is 0.331 e. The number of ether oxygens (including phenoxy) is 2. The number of hydrogen-bond acceptors (Lipinski definition) is 6. The van der Waals surface area contributed by atoms with Gasteiger partial charge in [-0.25, -0.2) is 0 Å². The van der Waals surface area contributed by atoms with Gasteiger partial charge in [-0.3, -0.25) is 10.1 Å². The Balaban J connectivity index is 2.56. The molecular formula is C13H21N3O4. The molecular weight excluding hydrogens is 262 g/mol. The first-order valence-corrected chi connectivity index (χ1v) is 6.78. The highest BCUT2D eigenvalue weighted by molar-refractivity contribution is 5.49. The summed E-state index contributed by atoms with van der Waals surface area (Å²) in [7, 11) is 0. The summed E-state index contributed by atoms with van der Waals surface area (Å²) in [6.07, 6.45) is 2.06. The van der Waals surface area contributed by atoms with E-state index in [2.05, 4.69) is 17.2 Å². The van der Waals surface area contributed by atoms with Crippen molar-refractivity contribution in [1.29, 1.82) is 0 Å². The Kier molecular flexibility index (Phi) is 7.34. The van der Waals surface area contributed by atoms with Gasteiger partial charge in [0.05, 0.1) is 11.5 Å². The highest BCUT2D eigenvalue weighted by Gasteiger charge is 2.17. The van der Waals surface area contributed by atoms with E-state index in [9.17, 15) is 10.1 Å². The third kappa shape index (κ3) is 5.40. The molecule has 0 aliphatic carbocycles. The second-order valence-electron chi connectivity index (χ2n) is 4.12. The maximum absolute atomic E-state index is 10.9. The lowest BCUT2D eigenvalue weighted by molar-refractivity contribution is -0.386. The van der Waals surface area contributed by atoms with Crippen molar-refractivity contribution in [2.75, 3.05) is 31.7 Å². The molecule has 0 radical (unpaired) electrons. The zero-order chi connectivity index (χ0) is 14.8. The van der Waals surface area contributed by atoms with Crippen LogP contribution in [0.1, 0.15) is 26.7 Å². The van der Waals surface area contributed by atoms with Crippen LogP contribution < -0.4 is 10.1 Å². The standard InChI is InChI=1S/C13H21N3O4/c1-3-5-8-19-9-10-20-13-11(16(17)18)6-7-12(15-13)14-4-2/h6-7H,3-5,8-10H2,1-2H3,(H,14,15). The van der Waals surface area contributed by atoms with Crippen molar-refractivity contribution in [3.63, 3.8) is 0 Å². The Morgan fingerprint density at radius 3 is 2.75 bits per heavy atom. The van der Waals surface area contributed by atoms with Gasteiger partial charge in [-0.05, 0) is 19.4 Å². The van der Waals surface area contributed by atoms with Gasteiger partial charge in [0.15, 0.2) is 0 Å². The van der Waals surface area contributed by atoms with E-state index < -0.39 is 4.92 Å². The van der Waals surface area contributed by atoms with Gasteiger partial charge in [-0.2, -0.15) is 4.98 Å². The molecule has 0 bridgehead atoms. The van der Waals surface area contributed by atoms with Gasteiger partial charge >= 0.3 is 5.69 Å². The van der Waals surface area contributed by atoms with Crippen LogP contribution >= 0.6 is 0 Å². The molecule has 0 atom stereocenters. The molecule has 1 heterocycles. The molecule has 0 aliphatic rings. The van der Waals surface area contributed by atoms with Crippen molar-refractivity contribution in [3.05, 3.63) is 22.2 Å². The summed E-state index contributed by atoms with van der Waals surface area (Å²) in [6.45, 7) is 6.00. The zero-order valence-corrected chi connectivity index (χ0v) is 11.9. The summed E-state index contributed by atoms with van der Waals surface area (Å²) >= 11 is 0. The molecule has 0 fully saturated rings. The van der Waals surface area contributed by atoms with E-state index in [0.717, 1.165) is 12.8 Å². The summed E-state index contributed by atoms with van der Waals surface area (Å²) in [5, 5.41) is 13.9. The minimum absolute atomic E-state index is 0.0209. The topological polar surface area (TPSA) is 86.5 Å². The Morgan fingerprint density at radius 1 is 1.30 bits per heavy atom. The number of rotatable bonds is 10. The number of unbranched alkanes of at least 4 members (excludes halogenated alkanes) is 1. The summed E-state index contributed by atoms with van der Waals surface area (Å²) in [5.41, 5.74) is -0.139. The molecule has 7 heteroatoms. The second kappa shape index (κ2) is 9.08. The molecule has 1 N–H and O–H groups in total. The Morgan fingerprint density at radius 2 is 2.10 bits per heavy atom. The van der Waals surface area contributed by atoms with Crippen LogP contribution in [0.2, 0.25) is 0 Å². The van der Waals surface area contributed by atoms with Crippen LogP contribution in [0.3, 0.4) is 0 Å². The smallest absolute Gasteiger partial charge is 0.331 e. The van der Waals surface area contributed by atoms with Crippen LogP contribution in [0.5, 0.6) is 5.88 Å². The predicted octanol–water partition coefficient (Wildman–Crippen LogP) is 2.62. The van der Waals surface area contributed by atoms with E-state index in [-0.39, 0.29) is 18.2 Å². The lowest BCUT2D eigenvalue weighted by Crippen LogP contribution is -2.10. The molecule has 0 saturated carbocycles. The lowest BCUT2D eigenvalue weighted by Gasteiger charge is -2.08. The van der Waals surface area contributed by atoms with E-state index in [4.69, 9.17) is 9.47 Å². The molecule has 1 aromatic heterocycles. The van der Waals surface area contributed by atoms with Crippen molar-refractivity contribution in [2.24, 2.45) is 0 Å².